The van der Waals surface area contributed by atoms with Crippen molar-refractivity contribution in [3.05, 3.63) is 18.2 Å². The lowest BCUT2D eigenvalue weighted by atomic mass is 10.2. The molecular weight excluding hydrogens is 186 g/mol. The summed E-state index contributed by atoms with van der Waals surface area (Å²) in [6.07, 6.45) is 10.7. The van der Waals surface area contributed by atoms with E-state index in [0.717, 1.165) is 19.1 Å². The van der Waals surface area contributed by atoms with Crippen LogP contribution < -0.4 is 5.32 Å². The smallest absolute Gasteiger partial charge is 0.0949 e. The first kappa shape index (κ1) is 10.7. The first-order chi connectivity index (χ1) is 7.38. The van der Waals surface area contributed by atoms with Crippen molar-refractivity contribution in [1.29, 1.82) is 0 Å². The first-order valence-corrected chi connectivity index (χ1v) is 6.12. The Morgan fingerprint density at radius 2 is 2.33 bits per heavy atom. The van der Waals surface area contributed by atoms with Gasteiger partial charge in [-0.1, -0.05) is 19.8 Å². The Kier molecular flexibility index (Phi) is 3.78. The Bertz CT molecular complexity index is 289. The Hall–Kier alpha value is -0.830. The third kappa shape index (κ3) is 3.67. The molecular formula is C12H21N3. The SMILES string of the molecule is CCCCCn1cnc(CNC2CC2)c1. The summed E-state index contributed by atoms with van der Waals surface area (Å²) in [6, 6.07) is 0.773. The molecule has 3 nitrogen and oxygen atoms in total. The van der Waals surface area contributed by atoms with Crippen LogP contribution in [0.1, 0.15) is 44.7 Å². The van der Waals surface area contributed by atoms with Gasteiger partial charge in [0.25, 0.3) is 0 Å². The maximum Gasteiger partial charge on any atom is 0.0949 e. The highest BCUT2D eigenvalue weighted by Crippen LogP contribution is 2.18. The quantitative estimate of drug-likeness (QED) is 0.695. The van der Waals surface area contributed by atoms with Crippen molar-refractivity contribution in [2.75, 3.05) is 0 Å². The summed E-state index contributed by atoms with van der Waals surface area (Å²) in [5, 5.41) is 3.48. The van der Waals surface area contributed by atoms with E-state index in [1.807, 2.05) is 6.33 Å². The van der Waals surface area contributed by atoms with Crippen LogP contribution in [0, 0.1) is 0 Å². The zero-order valence-electron chi connectivity index (χ0n) is 9.58. The molecule has 1 N–H and O–H groups in total. The van der Waals surface area contributed by atoms with E-state index in [4.69, 9.17) is 0 Å². The van der Waals surface area contributed by atoms with Gasteiger partial charge in [-0.2, -0.15) is 0 Å². The number of aryl methyl sites for hydroxylation is 1. The van der Waals surface area contributed by atoms with E-state index in [2.05, 4.69) is 28.0 Å². The summed E-state index contributed by atoms with van der Waals surface area (Å²) in [4.78, 5) is 4.40. The summed E-state index contributed by atoms with van der Waals surface area (Å²) in [6.45, 7) is 4.29. The highest BCUT2D eigenvalue weighted by Gasteiger charge is 2.20. The van der Waals surface area contributed by atoms with E-state index < -0.39 is 0 Å². The molecule has 1 aromatic heterocycles. The molecule has 0 spiro atoms. The van der Waals surface area contributed by atoms with Gasteiger partial charge in [0.05, 0.1) is 12.0 Å². The van der Waals surface area contributed by atoms with Gasteiger partial charge in [0.2, 0.25) is 0 Å². The van der Waals surface area contributed by atoms with Gasteiger partial charge in [-0.25, -0.2) is 4.98 Å². The van der Waals surface area contributed by atoms with Gasteiger partial charge in [-0.05, 0) is 19.3 Å². The molecule has 1 aliphatic rings. The number of imidazole rings is 1. The molecule has 1 fully saturated rings. The second-order valence-electron chi connectivity index (χ2n) is 4.47. The third-order valence-electron chi connectivity index (χ3n) is 2.86. The Labute approximate surface area is 91.9 Å². The maximum atomic E-state index is 4.40. The number of aromatic nitrogens is 2. The van der Waals surface area contributed by atoms with Crippen LogP contribution in [0.15, 0.2) is 12.5 Å². The lowest BCUT2D eigenvalue weighted by Gasteiger charge is -2.00. The molecule has 84 valence electrons. The van der Waals surface area contributed by atoms with Crippen LogP contribution in [0.5, 0.6) is 0 Å². The van der Waals surface area contributed by atoms with Gasteiger partial charge < -0.3 is 9.88 Å². The van der Waals surface area contributed by atoms with Crippen LogP contribution in [0.4, 0.5) is 0 Å². The predicted octanol–water partition coefficient (Wildman–Crippen LogP) is 2.33. The van der Waals surface area contributed by atoms with Crippen molar-refractivity contribution < 1.29 is 0 Å². The van der Waals surface area contributed by atoms with Gasteiger partial charge in [0, 0.05) is 25.3 Å². The minimum absolute atomic E-state index is 0.773. The molecule has 15 heavy (non-hydrogen) atoms. The summed E-state index contributed by atoms with van der Waals surface area (Å²) in [5.74, 6) is 0. The Morgan fingerprint density at radius 3 is 3.07 bits per heavy atom. The van der Waals surface area contributed by atoms with Gasteiger partial charge >= 0.3 is 0 Å². The number of unbranched alkanes of at least 4 members (excludes halogenated alkanes) is 2. The minimum atomic E-state index is 0.773. The van der Waals surface area contributed by atoms with Crippen molar-refractivity contribution >= 4 is 0 Å². The molecule has 0 unspecified atom stereocenters. The van der Waals surface area contributed by atoms with Crippen molar-refractivity contribution in [2.45, 2.75) is 58.2 Å². The largest absolute Gasteiger partial charge is 0.337 e. The number of nitrogens with one attached hydrogen (secondary N) is 1. The Morgan fingerprint density at radius 1 is 1.47 bits per heavy atom. The molecule has 2 rings (SSSR count). The fourth-order valence-corrected chi connectivity index (χ4v) is 1.70. The number of hydrogen-bond donors (Lipinski definition) is 1. The highest BCUT2D eigenvalue weighted by atomic mass is 15.1. The normalized spacial score (nSPS) is 15.8. The average molecular weight is 207 g/mol. The summed E-state index contributed by atoms with van der Waals surface area (Å²) < 4.78 is 2.21. The lowest BCUT2D eigenvalue weighted by Crippen LogP contribution is -2.15. The second-order valence-corrected chi connectivity index (χ2v) is 4.47. The summed E-state index contributed by atoms with van der Waals surface area (Å²) in [5.41, 5.74) is 1.18. The van der Waals surface area contributed by atoms with Crippen molar-refractivity contribution in [1.82, 2.24) is 14.9 Å². The fraction of sp³-hybridized carbons (Fsp3) is 0.750. The average Bonchev–Trinajstić information content (AvgIpc) is 2.97. The van der Waals surface area contributed by atoms with Gasteiger partial charge in [0.1, 0.15) is 0 Å². The van der Waals surface area contributed by atoms with E-state index in [-0.39, 0.29) is 0 Å². The van der Waals surface area contributed by atoms with E-state index in [1.54, 1.807) is 0 Å². The van der Waals surface area contributed by atoms with Crippen LogP contribution in [0.25, 0.3) is 0 Å². The van der Waals surface area contributed by atoms with Crippen molar-refractivity contribution in [2.24, 2.45) is 0 Å². The maximum absolute atomic E-state index is 4.40. The zero-order valence-corrected chi connectivity index (χ0v) is 9.58. The fourth-order valence-electron chi connectivity index (χ4n) is 1.70. The van der Waals surface area contributed by atoms with E-state index in [9.17, 15) is 0 Å². The summed E-state index contributed by atoms with van der Waals surface area (Å²) >= 11 is 0. The molecule has 0 saturated heterocycles. The van der Waals surface area contributed by atoms with Crippen LogP contribution >= 0.6 is 0 Å². The van der Waals surface area contributed by atoms with E-state index in [1.165, 1.54) is 37.8 Å². The number of hydrogen-bond acceptors (Lipinski definition) is 2. The first-order valence-electron chi connectivity index (χ1n) is 6.12. The monoisotopic (exact) mass is 207 g/mol. The molecule has 1 aromatic rings. The Balaban J connectivity index is 1.70. The second kappa shape index (κ2) is 5.31. The lowest BCUT2D eigenvalue weighted by molar-refractivity contribution is 0.600. The van der Waals surface area contributed by atoms with Gasteiger partial charge in [0.15, 0.2) is 0 Å². The predicted molar refractivity (Wildman–Crippen MR) is 61.6 cm³/mol. The number of rotatable bonds is 7. The van der Waals surface area contributed by atoms with Gasteiger partial charge in [-0.15, -0.1) is 0 Å². The molecule has 0 atom stereocenters. The van der Waals surface area contributed by atoms with Crippen molar-refractivity contribution in [3.8, 4) is 0 Å². The van der Waals surface area contributed by atoms with Crippen LogP contribution in [-0.4, -0.2) is 15.6 Å². The number of nitrogens with zero attached hydrogens (tertiary/aromatic N) is 2. The molecule has 0 radical (unpaired) electrons. The van der Waals surface area contributed by atoms with Crippen LogP contribution in [-0.2, 0) is 13.1 Å². The molecule has 3 heteroatoms. The highest BCUT2D eigenvalue weighted by molar-refractivity contribution is 4.97. The topological polar surface area (TPSA) is 29.9 Å². The van der Waals surface area contributed by atoms with Gasteiger partial charge in [-0.3, -0.25) is 0 Å². The van der Waals surface area contributed by atoms with Crippen LogP contribution in [0.2, 0.25) is 0 Å². The summed E-state index contributed by atoms with van der Waals surface area (Å²) in [7, 11) is 0. The van der Waals surface area contributed by atoms with E-state index >= 15 is 0 Å². The molecule has 1 heterocycles. The molecule has 0 amide bonds. The molecule has 1 saturated carbocycles. The minimum Gasteiger partial charge on any atom is -0.337 e. The van der Waals surface area contributed by atoms with Crippen LogP contribution in [0.3, 0.4) is 0 Å². The molecule has 0 aliphatic heterocycles. The molecule has 0 aromatic carbocycles. The van der Waals surface area contributed by atoms with E-state index in [0.29, 0.717) is 0 Å². The molecule has 1 aliphatic carbocycles. The standard InChI is InChI=1S/C12H21N3/c1-2-3-4-7-15-9-12(14-10-15)8-13-11-5-6-11/h9-11,13H,2-8H2,1H3. The molecule has 0 bridgehead atoms. The zero-order chi connectivity index (χ0) is 10.5. The van der Waals surface area contributed by atoms with Crippen molar-refractivity contribution in [3.63, 3.8) is 0 Å². The third-order valence-corrected chi connectivity index (χ3v) is 2.86.